The Kier molecular flexibility index (Phi) is 6.15. The molecular weight excluding hydrogens is 601 g/mol. The highest BCUT2D eigenvalue weighted by Gasteiger charge is 2.17. The summed E-state index contributed by atoms with van der Waals surface area (Å²) in [4.78, 5) is 6.99. The number of aromatic nitrogens is 1. The molecule has 10 rings (SSSR count). The van der Waals surface area contributed by atoms with Crippen molar-refractivity contribution in [3.8, 4) is 22.3 Å². The third kappa shape index (κ3) is 4.57. The van der Waals surface area contributed by atoms with E-state index in [0.29, 0.717) is 0 Å². The lowest BCUT2D eigenvalue weighted by molar-refractivity contribution is 0.668. The van der Waals surface area contributed by atoms with Gasteiger partial charge < -0.3 is 13.7 Å². The molecule has 49 heavy (non-hydrogen) atoms. The molecule has 10 aromatic rings. The summed E-state index contributed by atoms with van der Waals surface area (Å²) in [6.45, 7) is 0. The van der Waals surface area contributed by atoms with Crippen molar-refractivity contribution in [3.63, 3.8) is 0 Å². The summed E-state index contributed by atoms with van der Waals surface area (Å²) in [5.74, 6) is 0. The van der Waals surface area contributed by atoms with Crippen LogP contribution in [0.3, 0.4) is 0 Å². The molecule has 0 saturated carbocycles. The minimum atomic E-state index is 0.804. The fraction of sp³-hybridized carbons (Fsp3) is 0. The second-order valence-corrected chi connectivity index (χ2v) is 12.4. The van der Waals surface area contributed by atoms with Gasteiger partial charge in [0.15, 0.2) is 5.58 Å². The number of hydrogen-bond acceptors (Lipinski definition) is 4. The Morgan fingerprint density at radius 1 is 0.388 bits per heavy atom. The van der Waals surface area contributed by atoms with Crippen LogP contribution in [0.4, 0.5) is 17.1 Å². The first-order chi connectivity index (χ1) is 24.3. The van der Waals surface area contributed by atoms with Crippen LogP contribution in [0.5, 0.6) is 0 Å². The first-order valence-electron chi connectivity index (χ1n) is 16.4. The lowest BCUT2D eigenvalue weighted by Gasteiger charge is -2.26. The summed E-state index contributed by atoms with van der Waals surface area (Å²) in [6.07, 6.45) is 1.83. The Balaban J connectivity index is 1.11. The molecule has 4 nitrogen and oxygen atoms in total. The average Bonchev–Trinajstić information content (AvgIpc) is 3.74. The zero-order valence-corrected chi connectivity index (χ0v) is 26.4. The molecule has 4 heteroatoms. The summed E-state index contributed by atoms with van der Waals surface area (Å²) in [5, 5.41) is 5.55. The van der Waals surface area contributed by atoms with Gasteiger partial charge in [-0.05, 0) is 106 Å². The monoisotopic (exact) mass is 628 g/mol. The maximum atomic E-state index is 6.19. The molecule has 0 spiro atoms. The first-order valence-corrected chi connectivity index (χ1v) is 16.4. The highest BCUT2D eigenvalue weighted by molar-refractivity contribution is 6.18. The van der Waals surface area contributed by atoms with Gasteiger partial charge >= 0.3 is 0 Å². The maximum absolute atomic E-state index is 6.19. The standard InChI is InChI=1S/C45H28N2O2/c1-2-8-29(9-3-1)32-10-6-11-35(26-32)47(36-22-24-41-39(28-36)37-12-4-5-13-40(37)48-41)34-20-17-30(18-21-34)33-16-15-31-19-23-42-44(38(31)27-33)45-43(49-42)14-7-25-46-45/h1-28H. The Hall–Kier alpha value is -6.65. The molecule has 0 bridgehead atoms. The smallest absolute Gasteiger partial charge is 0.153 e. The van der Waals surface area contributed by atoms with Crippen LogP contribution in [0.15, 0.2) is 179 Å². The molecular formula is C45H28N2O2. The van der Waals surface area contributed by atoms with Gasteiger partial charge in [-0.25, -0.2) is 0 Å². The molecule has 7 aromatic carbocycles. The molecule has 0 fully saturated rings. The van der Waals surface area contributed by atoms with Gasteiger partial charge in [0.25, 0.3) is 0 Å². The van der Waals surface area contributed by atoms with Crippen LogP contribution in [0.1, 0.15) is 0 Å². The number of pyridine rings is 1. The molecule has 3 aromatic heterocycles. The second-order valence-electron chi connectivity index (χ2n) is 12.4. The Bertz CT molecular complexity index is 2830. The van der Waals surface area contributed by atoms with Crippen molar-refractivity contribution >= 4 is 71.8 Å². The van der Waals surface area contributed by atoms with Gasteiger partial charge in [0.2, 0.25) is 0 Å². The predicted octanol–water partition coefficient (Wildman–Crippen LogP) is 12.8. The summed E-state index contributed by atoms with van der Waals surface area (Å²) in [7, 11) is 0. The van der Waals surface area contributed by atoms with Crippen molar-refractivity contribution in [1.82, 2.24) is 4.98 Å². The van der Waals surface area contributed by atoms with E-state index in [1.54, 1.807) is 0 Å². The van der Waals surface area contributed by atoms with Crippen molar-refractivity contribution in [2.75, 3.05) is 4.90 Å². The molecule has 0 radical (unpaired) electrons. The van der Waals surface area contributed by atoms with Gasteiger partial charge in [-0.1, -0.05) is 91.0 Å². The van der Waals surface area contributed by atoms with Crippen LogP contribution in [-0.4, -0.2) is 4.98 Å². The zero-order chi connectivity index (χ0) is 32.3. The lowest BCUT2D eigenvalue weighted by Crippen LogP contribution is -2.10. The van der Waals surface area contributed by atoms with Gasteiger partial charge in [-0.3, -0.25) is 4.98 Å². The molecule has 3 heterocycles. The van der Waals surface area contributed by atoms with E-state index in [2.05, 4.69) is 143 Å². The lowest BCUT2D eigenvalue weighted by atomic mass is 9.98. The summed E-state index contributed by atoms with van der Waals surface area (Å²) < 4.78 is 12.3. The van der Waals surface area contributed by atoms with E-state index in [1.807, 2.05) is 36.5 Å². The Morgan fingerprint density at radius 3 is 1.96 bits per heavy atom. The predicted molar refractivity (Wildman–Crippen MR) is 202 cm³/mol. The van der Waals surface area contributed by atoms with Crippen molar-refractivity contribution in [2.24, 2.45) is 0 Å². The summed E-state index contributed by atoms with van der Waals surface area (Å²) >= 11 is 0. The number of furan rings is 2. The normalized spacial score (nSPS) is 11.7. The van der Waals surface area contributed by atoms with Crippen molar-refractivity contribution in [1.29, 1.82) is 0 Å². The van der Waals surface area contributed by atoms with E-state index in [-0.39, 0.29) is 0 Å². The topological polar surface area (TPSA) is 42.4 Å². The molecule has 0 N–H and O–H groups in total. The summed E-state index contributed by atoms with van der Waals surface area (Å²) in [5.41, 5.74) is 12.1. The van der Waals surface area contributed by atoms with Crippen LogP contribution in [0.2, 0.25) is 0 Å². The van der Waals surface area contributed by atoms with E-state index >= 15 is 0 Å². The quantitative estimate of drug-likeness (QED) is 0.190. The maximum Gasteiger partial charge on any atom is 0.153 e. The minimum absolute atomic E-state index is 0.804. The molecule has 0 atom stereocenters. The number of fused-ring (bicyclic) bond motifs is 8. The molecule has 0 saturated heterocycles. The molecule has 0 aliphatic rings. The Morgan fingerprint density at radius 2 is 1.04 bits per heavy atom. The van der Waals surface area contributed by atoms with E-state index < -0.39 is 0 Å². The zero-order valence-electron chi connectivity index (χ0n) is 26.4. The van der Waals surface area contributed by atoms with Crippen LogP contribution >= 0.6 is 0 Å². The van der Waals surface area contributed by atoms with Crippen LogP contribution < -0.4 is 4.90 Å². The van der Waals surface area contributed by atoms with Gasteiger partial charge in [0, 0.05) is 34.0 Å². The van der Waals surface area contributed by atoms with Crippen LogP contribution in [-0.2, 0) is 0 Å². The minimum Gasteiger partial charge on any atom is -0.456 e. The fourth-order valence-corrected chi connectivity index (χ4v) is 7.15. The number of benzene rings is 7. The number of nitrogens with zero attached hydrogens (tertiary/aromatic N) is 2. The highest BCUT2D eigenvalue weighted by Crippen LogP contribution is 2.41. The third-order valence-corrected chi connectivity index (χ3v) is 9.50. The van der Waals surface area contributed by atoms with Crippen LogP contribution in [0.25, 0.3) is 77.0 Å². The van der Waals surface area contributed by atoms with E-state index in [1.165, 1.54) is 11.1 Å². The number of rotatable bonds is 5. The molecule has 0 amide bonds. The molecule has 0 aliphatic heterocycles. The Labute approximate surface area is 282 Å². The largest absolute Gasteiger partial charge is 0.456 e. The first kappa shape index (κ1) is 27.5. The SMILES string of the molecule is c1ccc(-c2cccc(N(c3ccc(-c4ccc5ccc6oc7cccnc7c6c5c4)cc3)c3ccc4oc5ccccc5c4c3)c2)cc1. The molecule has 230 valence electrons. The second kappa shape index (κ2) is 11.0. The average molecular weight is 629 g/mol. The fourth-order valence-electron chi connectivity index (χ4n) is 7.15. The van der Waals surface area contributed by atoms with Crippen molar-refractivity contribution in [3.05, 3.63) is 170 Å². The van der Waals surface area contributed by atoms with E-state index in [4.69, 9.17) is 8.83 Å². The molecule has 0 unspecified atom stereocenters. The van der Waals surface area contributed by atoms with Gasteiger partial charge in [0.05, 0.1) is 5.39 Å². The molecule has 0 aliphatic carbocycles. The number of anilines is 3. The van der Waals surface area contributed by atoms with Gasteiger partial charge in [0.1, 0.15) is 22.3 Å². The van der Waals surface area contributed by atoms with E-state index in [9.17, 15) is 0 Å². The van der Waals surface area contributed by atoms with Gasteiger partial charge in [-0.15, -0.1) is 0 Å². The van der Waals surface area contributed by atoms with E-state index in [0.717, 1.165) is 83.0 Å². The summed E-state index contributed by atoms with van der Waals surface area (Å²) in [6, 6.07) is 57.5. The van der Waals surface area contributed by atoms with Crippen molar-refractivity contribution in [2.45, 2.75) is 0 Å². The van der Waals surface area contributed by atoms with Gasteiger partial charge in [-0.2, -0.15) is 0 Å². The van der Waals surface area contributed by atoms with Crippen LogP contribution in [0, 0.1) is 0 Å². The van der Waals surface area contributed by atoms with Crippen molar-refractivity contribution < 1.29 is 8.83 Å². The number of para-hydroxylation sites is 1. The third-order valence-electron chi connectivity index (χ3n) is 9.50. The highest BCUT2D eigenvalue weighted by atomic mass is 16.3. The number of hydrogen-bond donors (Lipinski definition) is 0.